The average molecular weight is 270 g/mol. The van der Waals surface area contributed by atoms with Gasteiger partial charge in [0, 0.05) is 18.7 Å². The van der Waals surface area contributed by atoms with Gasteiger partial charge in [-0.2, -0.15) is 0 Å². The normalized spacial score (nSPS) is 32.3. The maximum atomic E-state index is 12.2. The third kappa shape index (κ3) is 3.19. The summed E-state index contributed by atoms with van der Waals surface area (Å²) in [5, 5.41) is 3.12. The number of carbonyl (C=O) groups excluding carboxylic acids is 2. The van der Waals surface area contributed by atoms with E-state index in [0.717, 1.165) is 24.5 Å². The fourth-order valence-electron chi connectivity index (χ4n) is 2.67. The van der Waals surface area contributed by atoms with Crippen LogP contribution >= 0.6 is 11.8 Å². The van der Waals surface area contributed by atoms with Gasteiger partial charge in [-0.15, -0.1) is 11.8 Å². The van der Waals surface area contributed by atoms with Crippen LogP contribution in [0.3, 0.4) is 0 Å². The fourth-order valence-corrected chi connectivity index (χ4v) is 3.89. The second kappa shape index (κ2) is 5.95. The molecule has 0 radical (unpaired) electrons. The Morgan fingerprint density at radius 1 is 1.22 bits per heavy atom. The summed E-state index contributed by atoms with van der Waals surface area (Å²) in [5.41, 5.74) is 0. The first-order valence-electron chi connectivity index (χ1n) is 6.73. The molecular formula is C13H22N2O2S. The van der Waals surface area contributed by atoms with Crippen molar-refractivity contribution < 1.29 is 9.59 Å². The minimum atomic E-state index is -0.258. The van der Waals surface area contributed by atoms with Gasteiger partial charge in [0.05, 0.1) is 5.88 Å². The number of nitrogens with one attached hydrogen (secondary N) is 1. The van der Waals surface area contributed by atoms with Crippen molar-refractivity contribution in [3.63, 3.8) is 0 Å². The molecule has 1 aliphatic heterocycles. The second-order valence-electron chi connectivity index (χ2n) is 5.47. The minimum Gasteiger partial charge on any atom is -0.352 e. The van der Waals surface area contributed by atoms with E-state index in [-0.39, 0.29) is 17.9 Å². The van der Waals surface area contributed by atoms with Crippen molar-refractivity contribution in [2.24, 2.45) is 5.92 Å². The highest BCUT2D eigenvalue weighted by Gasteiger charge is 2.34. The average Bonchev–Trinajstić information content (AvgIpc) is 2.81. The first kappa shape index (κ1) is 13.7. The molecule has 2 fully saturated rings. The lowest BCUT2D eigenvalue weighted by atomic mass is 9.87. The number of hydrogen-bond acceptors (Lipinski definition) is 3. The Labute approximate surface area is 113 Å². The largest absolute Gasteiger partial charge is 0.352 e. The predicted octanol–water partition coefficient (Wildman–Crippen LogP) is 1.60. The maximum Gasteiger partial charge on any atom is 0.243 e. The molecule has 1 heterocycles. The van der Waals surface area contributed by atoms with Gasteiger partial charge in [-0.25, -0.2) is 0 Å². The Balaban J connectivity index is 1.86. The molecule has 18 heavy (non-hydrogen) atoms. The number of amides is 2. The molecule has 5 heteroatoms. The summed E-state index contributed by atoms with van der Waals surface area (Å²) in [4.78, 5) is 25.3. The third-order valence-electron chi connectivity index (χ3n) is 3.95. The molecule has 2 rings (SSSR count). The van der Waals surface area contributed by atoms with Crippen molar-refractivity contribution in [3.8, 4) is 0 Å². The van der Waals surface area contributed by atoms with Crippen LogP contribution in [-0.4, -0.2) is 40.4 Å². The van der Waals surface area contributed by atoms with Crippen molar-refractivity contribution in [1.82, 2.24) is 10.2 Å². The van der Waals surface area contributed by atoms with E-state index < -0.39 is 0 Å². The van der Waals surface area contributed by atoms with Crippen LogP contribution in [0.5, 0.6) is 0 Å². The topological polar surface area (TPSA) is 49.4 Å². The highest BCUT2D eigenvalue weighted by atomic mass is 32.2. The highest BCUT2D eigenvalue weighted by Crippen LogP contribution is 2.25. The molecule has 0 aromatic rings. The van der Waals surface area contributed by atoms with Crippen LogP contribution in [0.15, 0.2) is 0 Å². The summed E-state index contributed by atoms with van der Waals surface area (Å²) in [6.07, 6.45) is 4.54. The highest BCUT2D eigenvalue weighted by molar-refractivity contribution is 7.99. The lowest BCUT2D eigenvalue weighted by Gasteiger charge is -2.29. The summed E-state index contributed by atoms with van der Waals surface area (Å²) >= 11 is 1.65. The van der Waals surface area contributed by atoms with E-state index in [1.54, 1.807) is 16.7 Å². The molecule has 1 aliphatic carbocycles. The SMILES string of the molecule is CC(=O)N1CSCC1C(=O)NC1CCC(C)CC1. The standard InChI is InChI=1S/C13H22N2O2S/c1-9-3-5-11(6-4-9)14-13(17)12-7-18-8-15(12)10(2)16/h9,11-12H,3-8H2,1-2H3,(H,14,17). The van der Waals surface area contributed by atoms with E-state index >= 15 is 0 Å². The molecule has 102 valence electrons. The zero-order chi connectivity index (χ0) is 13.1. The molecule has 2 aliphatic rings. The summed E-state index contributed by atoms with van der Waals surface area (Å²) in [7, 11) is 0. The van der Waals surface area contributed by atoms with Crippen LogP contribution in [0, 0.1) is 5.92 Å². The number of rotatable bonds is 2. The fraction of sp³-hybridized carbons (Fsp3) is 0.846. The summed E-state index contributed by atoms with van der Waals surface area (Å²) < 4.78 is 0. The van der Waals surface area contributed by atoms with E-state index in [2.05, 4.69) is 12.2 Å². The summed E-state index contributed by atoms with van der Waals surface area (Å²) in [6.45, 7) is 3.80. The molecule has 0 bridgehead atoms. The first-order valence-corrected chi connectivity index (χ1v) is 7.88. The van der Waals surface area contributed by atoms with Crippen molar-refractivity contribution in [2.45, 2.75) is 51.6 Å². The van der Waals surface area contributed by atoms with Crippen molar-refractivity contribution in [3.05, 3.63) is 0 Å². The molecule has 1 atom stereocenters. The molecule has 1 saturated heterocycles. The number of hydrogen-bond donors (Lipinski definition) is 1. The van der Waals surface area contributed by atoms with Crippen molar-refractivity contribution >= 4 is 23.6 Å². The molecule has 0 aromatic heterocycles. The van der Waals surface area contributed by atoms with Crippen LogP contribution < -0.4 is 5.32 Å². The van der Waals surface area contributed by atoms with Gasteiger partial charge in [0.1, 0.15) is 6.04 Å². The third-order valence-corrected chi connectivity index (χ3v) is 4.96. The Bertz CT molecular complexity index is 327. The number of thioether (sulfide) groups is 1. The van der Waals surface area contributed by atoms with Gasteiger partial charge in [-0.1, -0.05) is 6.92 Å². The van der Waals surface area contributed by atoms with E-state index in [1.165, 1.54) is 19.8 Å². The monoisotopic (exact) mass is 270 g/mol. The number of carbonyl (C=O) groups is 2. The second-order valence-corrected chi connectivity index (χ2v) is 6.47. The van der Waals surface area contributed by atoms with Gasteiger partial charge in [-0.3, -0.25) is 9.59 Å². The van der Waals surface area contributed by atoms with Crippen molar-refractivity contribution in [1.29, 1.82) is 0 Å². The molecule has 1 unspecified atom stereocenters. The molecule has 1 N–H and O–H groups in total. The van der Waals surface area contributed by atoms with Crippen LogP contribution in [0.2, 0.25) is 0 Å². The van der Waals surface area contributed by atoms with E-state index in [9.17, 15) is 9.59 Å². The lowest BCUT2D eigenvalue weighted by Crippen LogP contribution is -2.50. The minimum absolute atomic E-state index is 0.00239. The Morgan fingerprint density at radius 3 is 2.50 bits per heavy atom. The predicted molar refractivity (Wildman–Crippen MR) is 73.2 cm³/mol. The van der Waals surface area contributed by atoms with Gasteiger partial charge < -0.3 is 10.2 Å². The van der Waals surface area contributed by atoms with E-state index in [1.807, 2.05) is 0 Å². The molecule has 0 aromatic carbocycles. The molecular weight excluding hydrogens is 248 g/mol. The van der Waals surface area contributed by atoms with Crippen LogP contribution in [0.1, 0.15) is 39.5 Å². The zero-order valence-electron chi connectivity index (χ0n) is 11.1. The van der Waals surface area contributed by atoms with Crippen LogP contribution in [0.4, 0.5) is 0 Å². The smallest absolute Gasteiger partial charge is 0.243 e. The van der Waals surface area contributed by atoms with Gasteiger partial charge in [0.2, 0.25) is 11.8 Å². The number of nitrogens with zero attached hydrogens (tertiary/aromatic N) is 1. The zero-order valence-corrected chi connectivity index (χ0v) is 12.0. The molecule has 4 nitrogen and oxygen atoms in total. The first-order chi connectivity index (χ1) is 8.58. The van der Waals surface area contributed by atoms with Gasteiger partial charge >= 0.3 is 0 Å². The van der Waals surface area contributed by atoms with Gasteiger partial charge in [0.25, 0.3) is 0 Å². The van der Waals surface area contributed by atoms with E-state index in [0.29, 0.717) is 11.9 Å². The summed E-state index contributed by atoms with van der Waals surface area (Å²) in [6, 6.07) is 0.0555. The van der Waals surface area contributed by atoms with Gasteiger partial charge in [0.15, 0.2) is 0 Å². The summed E-state index contributed by atoms with van der Waals surface area (Å²) in [5.74, 6) is 2.20. The Hall–Kier alpha value is -0.710. The molecule has 2 amide bonds. The van der Waals surface area contributed by atoms with Crippen molar-refractivity contribution in [2.75, 3.05) is 11.6 Å². The van der Waals surface area contributed by atoms with Gasteiger partial charge in [-0.05, 0) is 31.6 Å². The Kier molecular flexibility index (Phi) is 4.54. The lowest BCUT2D eigenvalue weighted by molar-refractivity contribution is -0.136. The molecule has 1 saturated carbocycles. The van der Waals surface area contributed by atoms with Crippen LogP contribution in [-0.2, 0) is 9.59 Å². The van der Waals surface area contributed by atoms with Crippen LogP contribution in [0.25, 0.3) is 0 Å². The maximum absolute atomic E-state index is 12.2. The quantitative estimate of drug-likeness (QED) is 0.829. The molecule has 0 spiro atoms. The Morgan fingerprint density at radius 2 is 1.89 bits per heavy atom. The van der Waals surface area contributed by atoms with E-state index in [4.69, 9.17) is 0 Å².